The Balaban J connectivity index is 1.34. The molecule has 1 unspecified atom stereocenters. The highest BCUT2D eigenvalue weighted by atomic mass is 32.1. The molecule has 1 aliphatic heterocycles. The highest BCUT2D eigenvalue weighted by Crippen LogP contribution is 2.46. The normalized spacial score (nSPS) is 21.4. The van der Waals surface area contributed by atoms with Crippen molar-refractivity contribution in [3.8, 4) is 0 Å². The van der Waals surface area contributed by atoms with E-state index in [1.165, 1.54) is 10.6 Å². The van der Waals surface area contributed by atoms with Gasteiger partial charge in [0.1, 0.15) is 0 Å². The number of carbonyl (C=O) groups is 1. The van der Waals surface area contributed by atoms with E-state index in [0.717, 1.165) is 56.0 Å². The third kappa shape index (κ3) is 3.65. The van der Waals surface area contributed by atoms with Gasteiger partial charge in [0.2, 0.25) is 0 Å². The van der Waals surface area contributed by atoms with Gasteiger partial charge in [-0.25, -0.2) is 0 Å². The van der Waals surface area contributed by atoms with Crippen molar-refractivity contribution in [1.29, 1.82) is 0 Å². The summed E-state index contributed by atoms with van der Waals surface area (Å²) in [6.07, 6.45) is 4.66. The van der Waals surface area contributed by atoms with Crippen molar-refractivity contribution >= 4 is 17.2 Å². The third-order valence-corrected chi connectivity index (χ3v) is 6.44. The van der Waals surface area contributed by atoms with Gasteiger partial charge in [-0.05, 0) is 57.7 Å². The predicted molar refractivity (Wildman–Crippen MR) is 97.9 cm³/mol. The largest absolute Gasteiger partial charge is 0.373 e. The van der Waals surface area contributed by atoms with Crippen LogP contribution in [0.25, 0.3) is 0 Å². The molecule has 0 aromatic carbocycles. The van der Waals surface area contributed by atoms with Crippen molar-refractivity contribution in [1.82, 2.24) is 15.1 Å². The molecular formula is C19H25N3O2S. The maximum Gasteiger partial charge on any atom is 0.261 e. The van der Waals surface area contributed by atoms with Crippen LogP contribution in [-0.2, 0) is 11.3 Å². The highest BCUT2D eigenvalue weighted by Gasteiger charge is 2.43. The third-order valence-electron chi connectivity index (χ3n) is 5.27. The summed E-state index contributed by atoms with van der Waals surface area (Å²) in [4.78, 5) is 14.5. The Bertz CT molecular complexity index is 769. The van der Waals surface area contributed by atoms with Gasteiger partial charge in [0, 0.05) is 35.7 Å². The molecule has 0 spiro atoms. The fourth-order valence-corrected chi connectivity index (χ4v) is 4.53. The summed E-state index contributed by atoms with van der Waals surface area (Å²) in [7, 11) is 0. The summed E-state index contributed by atoms with van der Waals surface area (Å²) < 4.78 is 7.78. The number of amides is 1. The molecule has 4 rings (SSSR count). The van der Waals surface area contributed by atoms with E-state index >= 15 is 0 Å². The van der Waals surface area contributed by atoms with Gasteiger partial charge >= 0.3 is 0 Å². The fourth-order valence-electron chi connectivity index (χ4n) is 3.53. The number of nitrogens with one attached hydrogen (secondary N) is 1. The lowest BCUT2D eigenvalue weighted by atomic mass is 10.1. The average molecular weight is 359 g/mol. The number of ether oxygens (including phenoxy) is 1. The zero-order chi connectivity index (χ0) is 17.4. The number of thiophene rings is 1. The maximum absolute atomic E-state index is 12.5. The van der Waals surface area contributed by atoms with Crippen molar-refractivity contribution in [3.05, 3.63) is 39.3 Å². The van der Waals surface area contributed by atoms with E-state index in [1.807, 2.05) is 19.1 Å². The van der Waals surface area contributed by atoms with Crippen molar-refractivity contribution < 1.29 is 9.53 Å². The van der Waals surface area contributed by atoms with Crippen LogP contribution in [0, 0.1) is 19.3 Å². The topological polar surface area (TPSA) is 56.2 Å². The van der Waals surface area contributed by atoms with E-state index in [2.05, 4.69) is 28.1 Å². The van der Waals surface area contributed by atoms with Gasteiger partial charge < -0.3 is 10.1 Å². The van der Waals surface area contributed by atoms with Gasteiger partial charge in [-0.3, -0.25) is 9.48 Å². The fraction of sp³-hybridized carbons (Fsp3) is 0.579. The van der Waals surface area contributed by atoms with E-state index in [1.54, 1.807) is 11.3 Å². The predicted octanol–water partition coefficient (Wildman–Crippen LogP) is 3.62. The zero-order valence-corrected chi connectivity index (χ0v) is 15.7. The molecule has 2 aromatic heterocycles. The number of nitrogens with zero attached hydrogens (tertiary/aromatic N) is 2. The number of hydrogen-bond donors (Lipinski definition) is 1. The quantitative estimate of drug-likeness (QED) is 0.857. The molecule has 2 fully saturated rings. The Morgan fingerprint density at radius 1 is 1.44 bits per heavy atom. The molecule has 1 saturated carbocycles. The standard InChI is InChI=1S/C19H25N3O2S/c1-13-10-14(2)22(21-13)12-19(7-8-19)11-20-18(23)17-6-5-16(25-17)15-4-3-9-24-15/h5-6,10,15H,3-4,7-9,11-12H2,1-2H3,(H,20,23). The minimum Gasteiger partial charge on any atom is -0.373 e. The van der Waals surface area contributed by atoms with Crippen LogP contribution in [0.1, 0.15) is 57.7 Å². The van der Waals surface area contributed by atoms with Crippen LogP contribution >= 0.6 is 11.3 Å². The SMILES string of the molecule is Cc1cc(C)n(CC2(CNC(=O)c3ccc(C4CCCO4)s3)CC2)n1. The van der Waals surface area contributed by atoms with Gasteiger partial charge in [-0.15, -0.1) is 11.3 Å². The number of aromatic nitrogens is 2. The molecule has 0 radical (unpaired) electrons. The van der Waals surface area contributed by atoms with Crippen LogP contribution < -0.4 is 5.32 Å². The van der Waals surface area contributed by atoms with Crippen LogP contribution in [0.2, 0.25) is 0 Å². The Hall–Kier alpha value is -1.66. The molecule has 134 valence electrons. The van der Waals surface area contributed by atoms with Crippen LogP contribution in [-0.4, -0.2) is 28.8 Å². The van der Waals surface area contributed by atoms with Gasteiger partial charge in [-0.2, -0.15) is 5.10 Å². The molecule has 6 heteroatoms. The van der Waals surface area contributed by atoms with E-state index in [9.17, 15) is 4.79 Å². The summed E-state index contributed by atoms with van der Waals surface area (Å²) >= 11 is 1.56. The molecule has 2 aromatic rings. The molecule has 3 heterocycles. The smallest absolute Gasteiger partial charge is 0.261 e. The lowest BCUT2D eigenvalue weighted by Gasteiger charge is -2.17. The number of hydrogen-bond acceptors (Lipinski definition) is 4. The Morgan fingerprint density at radius 3 is 2.92 bits per heavy atom. The number of aryl methyl sites for hydroxylation is 2. The second kappa shape index (κ2) is 6.57. The summed E-state index contributed by atoms with van der Waals surface area (Å²) in [6, 6.07) is 6.07. The molecule has 25 heavy (non-hydrogen) atoms. The monoisotopic (exact) mass is 359 g/mol. The molecule has 2 aliphatic rings. The van der Waals surface area contributed by atoms with Crippen molar-refractivity contribution in [2.24, 2.45) is 5.41 Å². The first-order chi connectivity index (χ1) is 12.0. The van der Waals surface area contributed by atoms with Crippen molar-refractivity contribution in [2.45, 2.75) is 52.2 Å². The average Bonchev–Trinajstić information content (AvgIpc) is 3.01. The second-order valence-corrected chi connectivity index (χ2v) is 8.59. The number of rotatable bonds is 6. The molecule has 0 bridgehead atoms. The van der Waals surface area contributed by atoms with E-state index < -0.39 is 0 Å². The first-order valence-corrected chi connectivity index (χ1v) is 9.87. The minimum absolute atomic E-state index is 0.0360. The van der Waals surface area contributed by atoms with E-state index in [4.69, 9.17) is 4.74 Å². The Kier molecular flexibility index (Phi) is 4.41. The first kappa shape index (κ1) is 16.8. The molecule has 1 aliphatic carbocycles. The summed E-state index contributed by atoms with van der Waals surface area (Å²) in [5, 5.41) is 7.70. The van der Waals surface area contributed by atoms with Crippen LogP contribution in [0.15, 0.2) is 18.2 Å². The van der Waals surface area contributed by atoms with E-state index in [0.29, 0.717) is 0 Å². The summed E-state index contributed by atoms with van der Waals surface area (Å²) in [5.41, 5.74) is 2.42. The summed E-state index contributed by atoms with van der Waals surface area (Å²) in [6.45, 7) is 6.55. The van der Waals surface area contributed by atoms with Crippen LogP contribution in [0.4, 0.5) is 0 Å². The van der Waals surface area contributed by atoms with Crippen molar-refractivity contribution in [3.63, 3.8) is 0 Å². The van der Waals surface area contributed by atoms with Gasteiger partial charge in [0.05, 0.1) is 16.7 Å². The summed E-state index contributed by atoms with van der Waals surface area (Å²) in [5.74, 6) is 0.0360. The second-order valence-electron chi connectivity index (χ2n) is 7.47. The molecule has 1 saturated heterocycles. The molecule has 1 atom stereocenters. The lowest BCUT2D eigenvalue weighted by molar-refractivity contribution is 0.0946. The maximum atomic E-state index is 12.5. The molecule has 1 amide bonds. The van der Waals surface area contributed by atoms with Crippen LogP contribution in [0.5, 0.6) is 0 Å². The lowest BCUT2D eigenvalue weighted by Crippen LogP contribution is -2.32. The molecule has 1 N–H and O–H groups in total. The molecular weight excluding hydrogens is 334 g/mol. The Morgan fingerprint density at radius 2 is 2.28 bits per heavy atom. The van der Waals surface area contributed by atoms with Crippen LogP contribution in [0.3, 0.4) is 0 Å². The zero-order valence-electron chi connectivity index (χ0n) is 14.9. The van der Waals surface area contributed by atoms with Gasteiger partial charge in [0.15, 0.2) is 0 Å². The molecule has 5 nitrogen and oxygen atoms in total. The van der Waals surface area contributed by atoms with E-state index in [-0.39, 0.29) is 17.4 Å². The van der Waals surface area contributed by atoms with Gasteiger partial charge in [0.25, 0.3) is 5.91 Å². The Labute approximate surface area is 152 Å². The van der Waals surface area contributed by atoms with Gasteiger partial charge in [-0.1, -0.05) is 0 Å². The van der Waals surface area contributed by atoms with Crippen molar-refractivity contribution in [2.75, 3.05) is 13.2 Å². The minimum atomic E-state index is 0.0360. The number of carbonyl (C=O) groups excluding carboxylic acids is 1. The highest BCUT2D eigenvalue weighted by molar-refractivity contribution is 7.14. The first-order valence-electron chi connectivity index (χ1n) is 9.05.